The third-order valence-electron chi connectivity index (χ3n) is 3.46. The van der Waals surface area contributed by atoms with Crippen molar-refractivity contribution in [1.82, 2.24) is 19.5 Å². The quantitative estimate of drug-likeness (QED) is 0.248. The molecule has 2 unspecified atom stereocenters. The molecule has 122 valence electrons. The van der Waals surface area contributed by atoms with Gasteiger partial charge >= 0.3 is 0 Å². The Hall–Kier alpha value is -2.70. The van der Waals surface area contributed by atoms with Gasteiger partial charge in [-0.2, -0.15) is 4.98 Å². The van der Waals surface area contributed by atoms with E-state index in [4.69, 9.17) is 21.1 Å². The van der Waals surface area contributed by atoms with E-state index in [1.165, 1.54) is 0 Å². The second-order valence-corrected chi connectivity index (χ2v) is 4.82. The van der Waals surface area contributed by atoms with E-state index in [1.807, 2.05) is 0 Å². The number of nitrogen functional groups attached to an aromatic ring is 1. The average Bonchev–Trinajstić information content (AvgIpc) is 2.99. The van der Waals surface area contributed by atoms with Crippen LogP contribution >= 0.6 is 0 Å². The summed E-state index contributed by atoms with van der Waals surface area (Å²) in [6.45, 7) is -0.547. The van der Waals surface area contributed by atoms with Gasteiger partial charge in [-0.1, -0.05) is 0 Å². The molecular formula is C10H12N8O5. The van der Waals surface area contributed by atoms with Crippen LogP contribution in [-0.4, -0.2) is 59.8 Å². The van der Waals surface area contributed by atoms with Crippen LogP contribution in [0.2, 0.25) is 0 Å². The molecule has 3 heterocycles. The number of anilines is 1. The van der Waals surface area contributed by atoms with Crippen molar-refractivity contribution in [2.45, 2.75) is 24.5 Å². The van der Waals surface area contributed by atoms with E-state index in [0.29, 0.717) is 0 Å². The number of azide groups is 1. The summed E-state index contributed by atoms with van der Waals surface area (Å²) in [6, 6.07) is 0. The van der Waals surface area contributed by atoms with Crippen LogP contribution in [-0.2, 0) is 4.74 Å². The molecular weight excluding hydrogens is 312 g/mol. The van der Waals surface area contributed by atoms with Gasteiger partial charge in [0.25, 0.3) is 5.56 Å². The number of hydrogen-bond acceptors (Lipinski definition) is 9. The molecule has 1 aliphatic heterocycles. The molecule has 13 heteroatoms. The lowest BCUT2D eigenvalue weighted by Crippen LogP contribution is -2.33. The van der Waals surface area contributed by atoms with Gasteiger partial charge in [-0.25, -0.2) is 4.98 Å². The van der Waals surface area contributed by atoms with Crippen molar-refractivity contribution in [3.63, 3.8) is 0 Å². The Morgan fingerprint density at radius 3 is 2.78 bits per heavy atom. The lowest BCUT2D eigenvalue weighted by Gasteiger charge is -2.17. The zero-order valence-corrected chi connectivity index (χ0v) is 11.4. The van der Waals surface area contributed by atoms with Gasteiger partial charge in [0.15, 0.2) is 17.4 Å². The maximum Gasteiger partial charge on any atom is 0.280 e. The number of nitrogens with one attached hydrogen (secondary N) is 1. The molecule has 4 atom stereocenters. The monoisotopic (exact) mass is 324 g/mol. The predicted molar refractivity (Wildman–Crippen MR) is 74.4 cm³/mol. The molecule has 0 bridgehead atoms. The van der Waals surface area contributed by atoms with Crippen LogP contribution < -0.4 is 11.3 Å². The Labute approximate surface area is 126 Å². The first kappa shape index (κ1) is 15.2. The highest BCUT2D eigenvalue weighted by Gasteiger charge is 2.44. The highest BCUT2D eigenvalue weighted by atomic mass is 16.6. The number of aromatic amines is 1. The SMILES string of the molecule is [N-]=[N+]=Nc1nc2c(=O)[nH]c(N)nc2n1[C@@H]1O[C@H](CO)C(O)C1O. The van der Waals surface area contributed by atoms with Crippen LogP contribution in [0.5, 0.6) is 0 Å². The van der Waals surface area contributed by atoms with E-state index in [-0.39, 0.29) is 23.1 Å². The third-order valence-corrected chi connectivity index (χ3v) is 3.46. The molecule has 1 saturated heterocycles. The zero-order valence-electron chi connectivity index (χ0n) is 11.4. The van der Waals surface area contributed by atoms with Crippen molar-refractivity contribution in [3.05, 3.63) is 20.8 Å². The van der Waals surface area contributed by atoms with Gasteiger partial charge in [0.1, 0.15) is 18.3 Å². The minimum atomic E-state index is -1.47. The molecule has 3 rings (SSSR count). The molecule has 2 aromatic rings. The highest BCUT2D eigenvalue weighted by Crippen LogP contribution is 2.34. The fourth-order valence-electron chi connectivity index (χ4n) is 2.43. The molecule has 0 spiro atoms. The van der Waals surface area contributed by atoms with Crippen molar-refractivity contribution < 1.29 is 20.1 Å². The minimum absolute atomic E-state index is 0.0940. The second kappa shape index (κ2) is 5.49. The molecule has 2 aromatic heterocycles. The lowest BCUT2D eigenvalue weighted by molar-refractivity contribution is -0.0502. The summed E-state index contributed by atoms with van der Waals surface area (Å²) in [4.78, 5) is 24.4. The smallest absolute Gasteiger partial charge is 0.280 e. The largest absolute Gasteiger partial charge is 0.394 e. The number of hydrogen-bond donors (Lipinski definition) is 5. The van der Waals surface area contributed by atoms with E-state index in [9.17, 15) is 15.0 Å². The number of nitrogens with zero attached hydrogens (tertiary/aromatic N) is 6. The van der Waals surface area contributed by atoms with Gasteiger partial charge in [0.05, 0.1) is 6.61 Å². The minimum Gasteiger partial charge on any atom is -0.394 e. The second-order valence-electron chi connectivity index (χ2n) is 4.82. The molecule has 6 N–H and O–H groups in total. The number of aliphatic hydroxyl groups excluding tert-OH is 3. The van der Waals surface area contributed by atoms with Gasteiger partial charge in [-0.15, -0.1) is 0 Å². The molecule has 1 aliphatic rings. The number of aromatic nitrogens is 4. The molecule has 23 heavy (non-hydrogen) atoms. The van der Waals surface area contributed by atoms with Crippen LogP contribution in [0.25, 0.3) is 21.6 Å². The topological polar surface area (TPSA) is 208 Å². The Kier molecular flexibility index (Phi) is 3.63. The average molecular weight is 324 g/mol. The van der Waals surface area contributed by atoms with Crippen molar-refractivity contribution in [1.29, 1.82) is 0 Å². The van der Waals surface area contributed by atoms with Crippen molar-refractivity contribution in [2.24, 2.45) is 5.11 Å². The summed E-state index contributed by atoms with van der Waals surface area (Å²) in [5.74, 6) is -0.524. The maximum absolute atomic E-state index is 11.9. The molecule has 0 amide bonds. The number of ether oxygens (including phenoxy) is 1. The summed E-state index contributed by atoms with van der Waals surface area (Å²) in [5.41, 5.74) is 13.2. The van der Waals surface area contributed by atoms with Gasteiger partial charge in [0, 0.05) is 4.91 Å². The molecule has 0 saturated carbocycles. The van der Waals surface area contributed by atoms with E-state index >= 15 is 0 Å². The Balaban J connectivity index is 2.25. The predicted octanol–water partition coefficient (Wildman–Crippen LogP) is -1.74. The number of nitrogens with two attached hydrogens (primary N) is 1. The first-order valence-corrected chi connectivity index (χ1v) is 6.43. The summed E-state index contributed by atoms with van der Waals surface area (Å²) >= 11 is 0. The van der Waals surface area contributed by atoms with Crippen molar-refractivity contribution in [2.75, 3.05) is 12.3 Å². The molecule has 13 nitrogen and oxygen atoms in total. The first-order chi connectivity index (χ1) is 11.0. The summed E-state index contributed by atoms with van der Waals surface area (Å²) in [7, 11) is 0. The van der Waals surface area contributed by atoms with Crippen molar-refractivity contribution in [3.8, 4) is 0 Å². The van der Waals surface area contributed by atoms with E-state index in [0.717, 1.165) is 4.57 Å². The normalized spacial score (nSPS) is 27.3. The number of H-pyrrole nitrogens is 1. The number of aliphatic hydroxyl groups is 3. The van der Waals surface area contributed by atoms with Gasteiger partial charge in [-0.3, -0.25) is 14.3 Å². The van der Waals surface area contributed by atoms with Crippen LogP contribution in [0.15, 0.2) is 9.91 Å². The van der Waals surface area contributed by atoms with Crippen LogP contribution in [0.4, 0.5) is 11.9 Å². The summed E-state index contributed by atoms with van der Waals surface area (Å²) in [6.07, 6.45) is -5.20. The standard InChI is InChI=1S/C10H12N8O5/c11-9-14-6-3(7(22)15-9)13-10(16-17-12)18(6)8-5(21)4(20)2(1-19)23-8/h2,4-5,8,19-21H,1H2,(H3,11,14,15,22)/t2-,4?,5?,8-/m1/s1. The van der Waals surface area contributed by atoms with E-state index < -0.39 is 36.7 Å². The highest BCUT2D eigenvalue weighted by molar-refractivity contribution is 5.74. The Bertz CT molecular complexity index is 855. The van der Waals surface area contributed by atoms with Crippen LogP contribution in [0.1, 0.15) is 6.23 Å². The number of rotatable bonds is 3. The van der Waals surface area contributed by atoms with Crippen LogP contribution in [0, 0.1) is 0 Å². The number of imidazole rings is 1. The van der Waals surface area contributed by atoms with E-state index in [1.54, 1.807) is 0 Å². The molecule has 0 aliphatic carbocycles. The van der Waals surface area contributed by atoms with Crippen LogP contribution in [0.3, 0.4) is 0 Å². The first-order valence-electron chi connectivity index (χ1n) is 6.43. The van der Waals surface area contributed by atoms with Gasteiger partial charge < -0.3 is 25.8 Å². The molecule has 0 aromatic carbocycles. The van der Waals surface area contributed by atoms with E-state index in [2.05, 4.69) is 25.0 Å². The Morgan fingerprint density at radius 2 is 2.17 bits per heavy atom. The fourth-order valence-corrected chi connectivity index (χ4v) is 2.43. The Morgan fingerprint density at radius 1 is 1.43 bits per heavy atom. The maximum atomic E-state index is 11.9. The summed E-state index contributed by atoms with van der Waals surface area (Å²) < 4.78 is 6.40. The van der Waals surface area contributed by atoms with Gasteiger partial charge in [-0.05, 0) is 10.6 Å². The van der Waals surface area contributed by atoms with Crippen molar-refractivity contribution >= 4 is 23.1 Å². The summed E-state index contributed by atoms with van der Waals surface area (Å²) in [5, 5.41) is 32.4. The lowest BCUT2D eigenvalue weighted by atomic mass is 10.1. The number of fused-ring (bicyclic) bond motifs is 1. The molecule has 1 fully saturated rings. The zero-order chi connectivity index (χ0) is 16.7. The van der Waals surface area contributed by atoms with Gasteiger partial charge in [0.2, 0.25) is 11.9 Å². The fraction of sp³-hybridized carbons (Fsp3) is 0.500. The molecule has 0 radical (unpaired) electrons. The third kappa shape index (κ3) is 2.28.